The van der Waals surface area contributed by atoms with E-state index in [1.807, 2.05) is 18.0 Å². The maximum absolute atomic E-state index is 12.5. The van der Waals surface area contributed by atoms with Gasteiger partial charge in [0.25, 0.3) is 5.91 Å². The molecule has 19 heavy (non-hydrogen) atoms. The van der Waals surface area contributed by atoms with Gasteiger partial charge in [0.2, 0.25) is 0 Å². The van der Waals surface area contributed by atoms with Crippen molar-refractivity contribution < 1.29 is 4.79 Å². The molecule has 0 spiro atoms. The number of aryl methyl sites for hydroxylation is 1. The Bertz CT molecular complexity index is 529. The third-order valence-electron chi connectivity index (χ3n) is 4.33. The lowest BCUT2D eigenvalue weighted by atomic mass is 9.84. The summed E-state index contributed by atoms with van der Waals surface area (Å²) in [5, 5.41) is 4.00. The smallest absolute Gasteiger partial charge is 0.255 e. The molecule has 1 fully saturated rings. The zero-order valence-electron chi connectivity index (χ0n) is 11.4. The summed E-state index contributed by atoms with van der Waals surface area (Å²) >= 11 is 6.37. The van der Waals surface area contributed by atoms with E-state index in [1.165, 1.54) is 5.56 Å². The molecule has 1 aromatic rings. The summed E-state index contributed by atoms with van der Waals surface area (Å²) in [6.07, 6.45) is 2.11. The fraction of sp³-hybridized carbons (Fsp3) is 0.533. The first kappa shape index (κ1) is 12.9. The lowest BCUT2D eigenvalue weighted by Crippen LogP contribution is -2.45. The van der Waals surface area contributed by atoms with E-state index in [9.17, 15) is 4.79 Å². The summed E-state index contributed by atoms with van der Waals surface area (Å²) in [5.41, 5.74) is 3.11. The van der Waals surface area contributed by atoms with Crippen LogP contribution in [0, 0.1) is 0 Å². The van der Waals surface area contributed by atoms with Gasteiger partial charge in [-0.05, 0) is 23.6 Å². The molecule has 4 heteroatoms. The topological polar surface area (TPSA) is 32.3 Å². The van der Waals surface area contributed by atoms with Crippen LogP contribution >= 0.6 is 11.6 Å². The molecule has 2 heterocycles. The minimum Gasteiger partial charge on any atom is -0.337 e. The van der Waals surface area contributed by atoms with Gasteiger partial charge in [0.05, 0.1) is 16.6 Å². The van der Waals surface area contributed by atoms with Crippen LogP contribution in [0.1, 0.15) is 40.7 Å². The Morgan fingerprint density at radius 3 is 2.95 bits per heavy atom. The molecule has 2 aliphatic rings. The third kappa shape index (κ3) is 1.96. The summed E-state index contributed by atoms with van der Waals surface area (Å²) in [5.74, 6) is 0.444. The maximum atomic E-state index is 12.5. The van der Waals surface area contributed by atoms with Crippen LogP contribution in [-0.4, -0.2) is 37.0 Å². The minimum atomic E-state index is 0.0630. The van der Waals surface area contributed by atoms with E-state index in [1.54, 1.807) is 0 Å². The molecule has 1 saturated heterocycles. The van der Waals surface area contributed by atoms with E-state index in [4.69, 9.17) is 11.6 Å². The van der Waals surface area contributed by atoms with Gasteiger partial charge in [-0.3, -0.25) is 4.79 Å². The molecule has 1 aromatic carbocycles. The second-order valence-corrected chi connectivity index (χ2v) is 5.95. The fourth-order valence-corrected chi connectivity index (χ4v) is 3.68. The quantitative estimate of drug-likeness (QED) is 0.901. The van der Waals surface area contributed by atoms with Crippen LogP contribution in [0.15, 0.2) is 12.1 Å². The molecule has 102 valence electrons. The molecule has 3 rings (SSSR count). The summed E-state index contributed by atoms with van der Waals surface area (Å²) < 4.78 is 0. The largest absolute Gasteiger partial charge is 0.337 e. The van der Waals surface area contributed by atoms with E-state index in [0.717, 1.165) is 31.5 Å². The van der Waals surface area contributed by atoms with Gasteiger partial charge in [-0.2, -0.15) is 0 Å². The van der Waals surface area contributed by atoms with E-state index in [2.05, 4.69) is 18.3 Å². The molecule has 1 amide bonds. The van der Waals surface area contributed by atoms with Crippen LogP contribution in [0.5, 0.6) is 0 Å². The molecule has 2 atom stereocenters. The zero-order valence-corrected chi connectivity index (χ0v) is 12.1. The summed E-state index contributed by atoms with van der Waals surface area (Å²) in [6, 6.07) is 4.42. The minimum absolute atomic E-state index is 0.0630. The normalized spacial score (nSPS) is 25.4. The zero-order chi connectivity index (χ0) is 13.6. The molecule has 3 nitrogen and oxygen atoms in total. The number of fused-ring (bicyclic) bond motifs is 3. The standard InChI is InChI=1S/C15H19ClN2O/c1-3-4-9-5-10-11-7-17-8-13(11)18(2)15(19)14(10)12(16)6-9/h5-6,11,13,17H,3-4,7-8H2,1-2H3/t11-,13+/m1/s1. The number of benzene rings is 1. The van der Waals surface area contributed by atoms with Crippen molar-refractivity contribution in [2.45, 2.75) is 31.7 Å². The Labute approximate surface area is 118 Å². The lowest BCUT2D eigenvalue weighted by molar-refractivity contribution is 0.0706. The number of amides is 1. The molecule has 0 radical (unpaired) electrons. The highest BCUT2D eigenvalue weighted by atomic mass is 35.5. The van der Waals surface area contributed by atoms with Crippen molar-refractivity contribution in [2.75, 3.05) is 20.1 Å². The van der Waals surface area contributed by atoms with Crippen molar-refractivity contribution in [3.63, 3.8) is 0 Å². The number of hydrogen-bond acceptors (Lipinski definition) is 2. The van der Waals surface area contributed by atoms with Gasteiger partial charge in [0.1, 0.15) is 0 Å². The van der Waals surface area contributed by atoms with Crippen LogP contribution in [0.3, 0.4) is 0 Å². The predicted molar refractivity (Wildman–Crippen MR) is 76.9 cm³/mol. The summed E-state index contributed by atoms with van der Waals surface area (Å²) in [6.45, 7) is 3.97. The van der Waals surface area contributed by atoms with Crippen molar-refractivity contribution in [3.05, 3.63) is 33.8 Å². The maximum Gasteiger partial charge on any atom is 0.255 e. The number of rotatable bonds is 2. The molecule has 0 unspecified atom stereocenters. The molecule has 0 aromatic heterocycles. The number of nitrogens with one attached hydrogen (secondary N) is 1. The van der Waals surface area contributed by atoms with Crippen molar-refractivity contribution in [2.24, 2.45) is 0 Å². The molecule has 1 N–H and O–H groups in total. The third-order valence-corrected chi connectivity index (χ3v) is 4.63. The van der Waals surface area contributed by atoms with Crippen LogP contribution < -0.4 is 5.32 Å². The molecular weight excluding hydrogens is 260 g/mol. The molecule has 0 aliphatic carbocycles. The van der Waals surface area contributed by atoms with E-state index in [0.29, 0.717) is 16.5 Å². The fourth-order valence-electron chi connectivity index (χ4n) is 3.35. The monoisotopic (exact) mass is 278 g/mol. The Morgan fingerprint density at radius 2 is 2.21 bits per heavy atom. The van der Waals surface area contributed by atoms with Gasteiger partial charge >= 0.3 is 0 Å². The van der Waals surface area contributed by atoms with Crippen molar-refractivity contribution in [1.29, 1.82) is 0 Å². The Balaban J connectivity index is 2.14. The Kier molecular flexibility index (Phi) is 3.27. The molecular formula is C15H19ClN2O. The average molecular weight is 279 g/mol. The summed E-state index contributed by atoms with van der Waals surface area (Å²) in [7, 11) is 1.88. The van der Waals surface area contributed by atoms with Crippen LogP contribution in [0.25, 0.3) is 0 Å². The van der Waals surface area contributed by atoms with E-state index >= 15 is 0 Å². The summed E-state index contributed by atoms with van der Waals surface area (Å²) in [4.78, 5) is 14.3. The Hall–Kier alpha value is -1.06. The number of nitrogens with zero attached hydrogens (tertiary/aromatic N) is 1. The molecule has 0 saturated carbocycles. The van der Waals surface area contributed by atoms with E-state index < -0.39 is 0 Å². The number of halogens is 1. The molecule has 0 bridgehead atoms. The first-order valence-electron chi connectivity index (χ1n) is 6.93. The average Bonchev–Trinajstić information content (AvgIpc) is 2.85. The van der Waals surface area contributed by atoms with Gasteiger partial charge in [0.15, 0.2) is 0 Å². The second-order valence-electron chi connectivity index (χ2n) is 5.54. The van der Waals surface area contributed by atoms with Gasteiger partial charge in [-0.25, -0.2) is 0 Å². The van der Waals surface area contributed by atoms with Gasteiger partial charge in [0, 0.05) is 26.1 Å². The van der Waals surface area contributed by atoms with Gasteiger partial charge < -0.3 is 10.2 Å². The predicted octanol–water partition coefficient (Wildman–Crippen LogP) is 2.43. The van der Waals surface area contributed by atoms with Crippen molar-refractivity contribution in [3.8, 4) is 0 Å². The lowest BCUT2D eigenvalue weighted by Gasteiger charge is -2.36. The first-order chi connectivity index (χ1) is 9.13. The second kappa shape index (κ2) is 4.80. The highest BCUT2D eigenvalue weighted by molar-refractivity contribution is 6.34. The number of likely N-dealkylation sites (N-methyl/N-ethyl adjacent to an activating group) is 1. The van der Waals surface area contributed by atoms with Crippen LogP contribution in [-0.2, 0) is 6.42 Å². The van der Waals surface area contributed by atoms with Gasteiger partial charge in [-0.15, -0.1) is 0 Å². The highest BCUT2D eigenvalue weighted by Gasteiger charge is 2.41. The van der Waals surface area contributed by atoms with E-state index in [-0.39, 0.29) is 11.9 Å². The molecule has 2 aliphatic heterocycles. The van der Waals surface area contributed by atoms with Crippen molar-refractivity contribution >= 4 is 17.5 Å². The van der Waals surface area contributed by atoms with Gasteiger partial charge in [-0.1, -0.05) is 31.0 Å². The van der Waals surface area contributed by atoms with Crippen LogP contribution in [0.4, 0.5) is 0 Å². The Morgan fingerprint density at radius 1 is 1.42 bits per heavy atom. The van der Waals surface area contributed by atoms with Crippen LogP contribution in [0.2, 0.25) is 5.02 Å². The first-order valence-corrected chi connectivity index (χ1v) is 7.31. The highest BCUT2D eigenvalue weighted by Crippen LogP contribution is 2.38. The SMILES string of the molecule is CCCc1cc(Cl)c2c(c1)[C@H]1CNC[C@@H]1N(C)C2=O. The van der Waals surface area contributed by atoms with Crippen molar-refractivity contribution in [1.82, 2.24) is 10.2 Å². The number of carbonyl (C=O) groups is 1. The number of hydrogen-bond donors (Lipinski definition) is 1. The number of carbonyl (C=O) groups excluding carboxylic acids is 1.